The Morgan fingerprint density at radius 2 is 1.35 bits per heavy atom. The minimum absolute atomic E-state index is 0.829. The highest BCUT2D eigenvalue weighted by Crippen LogP contribution is 2.51. The largest absolute Gasteiger partial charge is 0.399 e. The van der Waals surface area contributed by atoms with Gasteiger partial charge in [-0.2, -0.15) is 0 Å². The van der Waals surface area contributed by atoms with Crippen molar-refractivity contribution in [2.24, 2.45) is 0 Å². The third kappa shape index (κ3) is 11.6. The van der Waals surface area contributed by atoms with Crippen LogP contribution in [0.3, 0.4) is 0 Å². The van der Waals surface area contributed by atoms with E-state index in [1.807, 2.05) is 31.2 Å². The Labute approximate surface area is 98.6 Å². The third-order valence-corrected chi connectivity index (χ3v) is 4.39. The maximum Gasteiger partial charge on any atom is 0.337 e. The number of nitrogen functional groups attached to an aromatic ring is 1. The molecule has 7 nitrogen and oxygen atoms in total. The van der Waals surface area contributed by atoms with Gasteiger partial charge in [-0.25, -0.2) is 0 Å². The lowest BCUT2D eigenvalue weighted by molar-refractivity contribution is 0.357. The van der Waals surface area contributed by atoms with Crippen LogP contribution in [0.4, 0.5) is 5.69 Å². The second-order valence-electron chi connectivity index (χ2n) is 3.38. The summed E-state index contributed by atoms with van der Waals surface area (Å²) < 4.78 is 19.7. The molecule has 0 aliphatic heterocycles. The van der Waals surface area contributed by atoms with Gasteiger partial charge >= 0.3 is 15.2 Å². The van der Waals surface area contributed by atoms with Crippen LogP contribution in [0.1, 0.15) is 5.56 Å². The number of hydrogen-bond donors (Lipinski definition) is 5. The first-order valence-corrected chi connectivity index (χ1v) is 8.00. The summed E-state index contributed by atoms with van der Waals surface area (Å²) in [6.45, 7) is 2.04. The summed E-state index contributed by atoms with van der Waals surface area (Å²) in [6.07, 6.45) is 0. The lowest BCUT2D eigenvalue weighted by Crippen LogP contribution is -1.88. The first kappa shape index (κ1) is 16.3. The van der Waals surface area contributed by atoms with Gasteiger partial charge in [-0.05, 0) is 19.1 Å². The Bertz CT molecular complexity index is 393. The molecule has 17 heavy (non-hydrogen) atoms. The second kappa shape index (κ2) is 6.31. The van der Waals surface area contributed by atoms with E-state index < -0.39 is 21.1 Å². The molecule has 0 saturated carbocycles. The minimum atomic E-state index is -4.55. The van der Waals surface area contributed by atoms with E-state index in [9.17, 15) is 9.13 Å². The highest BCUT2D eigenvalue weighted by molar-refractivity contribution is 7.69. The summed E-state index contributed by atoms with van der Waals surface area (Å²) in [6, 6.07) is 7.79. The standard InChI is InChI=1S/C7H9N.CH6O6P2/c1-6-2-4-7(8)5-3-6;2-8(3,4)1-9(5,6)7/h2-5H,8H2,1H3;1H2,(H2,2,3,4)(H2,5,6,7). The molecule has 0 aliphatic rings. The molecule has 0 saturated heterocycles. The smallest absolute Gasteiger partial charge is 0.337 e. The van der Waals surface area contributed by atoms with E-state index in [1.165, 1.54) is 5.56 Å². The molecule has 6 N–H and O–H groups in total. The fraction of sp³-hybridized carbons (Fsp3) is 0.250. The highest BCUT2D eigenvalue weighted by atomic mass is 31.2. The molecule has 9 heteroatoms. The van der Waals surface area contributed by atoms with Crippen LogP contribution in [-0.2, 0) is 9.13 Å². The quantitative estimate of drug-likeness (QED) is 0.400. The lowest BCUT2D eigenvalue weighted by Gasteiger charge is -2.03. The van der Waals surface area contributed by atoms with Crippen LogP contribution < -0.4 is 5.73 Å². The molecule has 0 radical (unpaired) electrons. The molecule has 0 spiro atoms. The predicted molar refractivity (Wildman–Crippen MR) is 64.5 cm³/mol. The summed E-state index contributed by atoms with van der Waals surface area (Å²) in [5.41, 5.74) is 7.51. The third-order valence-electron chi connectivity index (χ3n) is 1.45. The van der Waals surface area contributed by atoms with E-state index >= 15 is 0 Å². The highest BCUT2D eigenvalue weighted by Gasteiger charge is 2.26. The Hall–Kier alpha value is -0.680. The minimum Gasteiger partial charge on any atom is -0.399 e. The normalized spacial score (nSPS) is 11.6. The van der Waals surface area contributed by atoms with Crippen molar-refractivity contribution in [1.29, 1.82) is 0 Å². The van der Waals surface area contributed by atoms with Crippen LogP contribution in [0.5, 0.6) is 0 Å². The SMILES string of the molecule is Cc1ccc(N)cc1.O=P(O)(O)CP(=O)(O)O. The van der Waals surface area contributed by atoms with Crippen LogP contribution >= 0.6 is 15.2 Å². The molecule has 1 rings (SSSR count). The van der Waals surface area contributed by atoms with Gasteiger partial charge < -0.3 is 25.3 Å². The molecule has 0 heterocycles. The Morgan fingerprint density at radius 1 is 1.00 bits per heavy atom. The maximum absolute atomic E-state index is 9.85. The zero-order chi connectivity index (χ0) is 13.7. The number of anilines is 1. The van der Waals surface area contributed by atoms with Crippen LogP contribution in [0.15, 0.2) is 24.3 Å². The molecular weight excluding hydrogens is 268 g/mol. The molecular formula is C8H15NO6P2. The van der Waals surface area contributed by atoms with Crippen molar-refractivity contribution < 1.29 is 28.7 Å². The van der Waals surface area contributed by atoms with Crippen LogP contribution in [0.25, 0.3) is 0 Å². The molecule has 0 fully saturated rings. The number of aryl methyl sites for hydroxylation is 1. The van der Waals surface area contributed by atoms with Gasteiger partial charge in [0.2, 0.25) is 0 Å². The number of nitrogens with two attached hydrogens (primary N) is 1. The predicted octanol–water partition coefficient (Wildman–Crippen LogP) is 0.877. The molecule has 0 atom stereocenters. The van der Waals surface area contributed by atoms with Gasteiger partial charge in [0.25, 0.3) is 0 Å². The summed E-state index contributed by atoms with van der Waals surface area (Å²) >= 11 is 0. The van der Waals surface area contributed by atoms with Crippen LogP contribution in [-0.4, -0.2) is 25.5 Å². The molecule has 0 aromatic heterocycles. The molecule has 98 valence electrons. The van der Waals surface area contributed by atoms with E-state index in [-0.39, 0.29) is 0 Å². The molecule has 0 aliphatic carbocycles. The number of benzene rings is 1. The summed E-state index contributed by atoms with van der Waals surface area (Å²) in [4.78, 5) is 31.9. The van der Waals surface area contributed by atoms with Gasteiger partial charge in [0.15, 0.2) is 5.90 Å². The van der Waals surface area contributed by atoms with Crippen molar-refractivity contribution >= 4 is 20.9 Å². The number of rotatable bonds is 2. The summed E-state index contributed by atoms with van der Waals surface area (Å²) in [7, 11) is -9.10. The fourth-order valence-electron chi connectivity index (χ4n) is 0.806. The average Bonchev–Trinajstić information content (AvgIpc) is 2.04. The second-order valence-corrected chi connectivity index (χ2v) is 7.17. The average molecular weight is 283 g/mol. The first-order chi connectivity index (χ1) is 7.49. The maximum atomic E-state index is 9.85. The zero-order valence-corrected chi connectivity index (χ0v) is 10.9. The van der Waals surface area contributed by atoms with Crippen molar-refractivity contribution in [3.63, 3.8) is 0 Å². The van der Waals surface area contributed by atoms with E-state index in [0.717, 1.165) is 5.69 Å². The van der Waals surface area contributed by atoms with E-state index in [4.69, 9.17) is 25.3 Å². The Balaban J connectivity index is 0.000000302. The van der Waals surface area contributed by atoms with Gasteiger partial charge in [-0.3, -0.25) is 9.13 Å². The topological polar surface area (TPSA) is 141 Å². The molecule has 1 aromatic carbocycles. The zero-order valence-electron chi connectivity index (χ0n) is 9.09. The lowest BCUT2D eigenvalue weighted by atomic mass is 10.2. The van der Waals surface area contributed by atoms with Crippen molar-refractivity contribution in [3.05, 3.63) is 29.8 Å². The molecule has 0 bridgehead atoms. The van der Waals surface area contributed by atoms with E-state index in [2.05, 4.69) is 0 Å². The van der Waals surface area contributed by atoms with Crippen LogP contribution in [0, 0.1) is 6.92 Å². The van der Waals surface area contributed by atoms with Gasteiger partial charge in [-0.1, -0.05) is 17.7 Å². The van der Waals surface area contributed by atoms with Gasteiger partial charge in [0.05, 0.1) is 0 Å². The Kier molecular flexibility index (Phi) is 6.05. The summed E-state index contributed by atoms with van der Waals surface area (Å²) in [5.74, 6) is -1.38. The molecule has 0 amide bonds. The summed E-state index contributed by atoms with van der Waals surface area (Å²) in [5, 5.41) is 0. The molecule has 0 unspecified atom stereocenters. The van der Waals surface area contributed by atoms with Crippen LogP contribution in [0.2, 0.25) is 0 Å². The first-order valence-electron chi connectivity index (χ1n) is 4.41. The van der Waals surface area contributed by atoms with Crippen molar-refractivity contribution in [1.82, 2.24) is 0 Å². The van der Waals surface area contributed by atoms with Gasteiger partial charge in [-0.15, -0.1) is 0 Å². The monoisotopic (exact) mass is 283 g/mol. The fourth-order valence-corrected chi connectivity index (χ4v) is 2.73. The van der Waals surface area contributed by atoms with Crippen molar-refractivity contribution in [2.75, 3.05) is 11.6 Å². The molecule has 1 aromatic rings. The van der Waals surface area contributed by atoms with E-state index in [1.54, 1.807) is 0 Å². The van der Waals surface area contributed by atoms with Crippen molar-refractivity contribution in [2.45, 2.75) is 6.92 Å². The number of hydrogen-bond acceptors (Lipinski definition) is 3. The Morgan fingerprint density at radius 3 is 1.53 bits per heavy atom. The van der Waals surface area contributed by atoms with Gasteiger partial charge in [0.1, 0.15) is 0 Å². The van der Waals surface area contributed by atoms with Crippen molar-refractivity contribution in [3.8, 4) is 0 Å². The van der Waals surface area contributed by atoms with Gasteiger partial charge in [0, 0.05) is 5.69 Å². The van der Waals surface area contributed by atoms with E-state index in [0.29, 0.717) is 0 Å².